The van der Waals surface area contributed by atoms with Crippen LogP contribution in [0.3, 0.4) is 0 Å². The van der Waals surface area contributed by atoms with Crippen LogP contribution in [-0.4, -0.2) is 5.91 Å². The van der Waals surface area contributed by atoms with Crippen molar-refractivity contribution in [2.24, 2.45) is 0 Å². The lowest BCUT2D eigenvalue weighted by molar-refractivity contribution is -0.112. The fourth-order valence-electron chi connectivity index (χ4n) is 2.57. The maximum atomic E-state index is 12.4. The van der Waals surface area contributed by atoms with E-state index < -0.39 is 5.91 Å². The van der Waals surface area contributed by atoms with Crippen LogP contribution in [0.2, 0.25) is 10.0 Å². The number of hydrogen-bond donors (Lipinski definition) is 1. The van der Waals surface area contributed by atoms with Crippen molar-refractivity contribution < 1.29 is 9.21 Å². The summed E-state index contributed by atoms with van der Waals surface area (Å²) >= 11 is 12.1. The number of nitriles is 1. The van der Waals surface area contributed by atoms with Crippen molar-refractivity contribution in [3.63, 3.8) is 0 Å². The number of carbonyl (C=O) groups is 1. The molecule has 0 bridgehead atoms. The van der Waals surface area contributed by atoms with Crippen LogP contribution in [0.25, 0.3) is 17.4 Å². The van der Waals surface area contributed by atoms with Crippen molar-refractivity contribution >= 4 is 40.9 Å². The molecule has 1 amide bonds. The molecular weight excluding hydrogens is 395 g/mol. The molecule has 0 aliphatic rings. The summed E-state index contributed by atoms with van der Waals surface area (Å²) in [6.45, 7) is 3.95. The first kappa shape index (κ1) is 19.8. The second-order valence-corrected chi connectivity index (χ2v) is 7.09. The van der Waals surface area contributed by atoms with E-state index in [2.05, 4.69) is 5.32 Å². The van der Waals surface area contributed by atoms with Gasteiger partial charge in [-0.1, -0.05) is 29.3 Å². The van der Waals surface area contributed by atoms with Gasteiger partial charge in [0.25, 0.3) is 5.91 Å². The first-order valence-corrected chi connectivity index (χ1v) is 9.18. The van der Waals surface area contributed by atoms with Crippen molar-refractivity contribution in [1.82, 2.24) is 0 Å². The Morgan fingerprint density at radius 3 is 2.54 bits per heavy atom. The summed E-state index contributed by atoms with van der Waals surface area (Å²) in [5.74, 6) is 0.376. The van der Waals surface area contributed by atoms with Crippen LogP contribution in [0.1, 0.15) is 16.9 Å². The molecule has 0 atom stereocenters. The molecule has 0 unspecified atom stereocenters. The summed E-state index contributed by atoms with van der Waals surface area (Å²) in [6.07, 6.45) is 1.39. The molecule has 140 valence electrons. The Hall–Kier alpha value is -3.00. The minimum Gasteiger partial charge on any atom is -0.457 e. The maximum Gasteiger partial charge on any atom is 0.266 e. The normalized spacial score (nSPS) is 11.2. The Labute approximate surface area is 173 Å². The van der Waals surface area contributed by atoms with Gasteiger partial charge in [0.2, 0.25) is 0 Å². The topological polar surface area (TPSA) is 66.0 Å². The summed E-state index contributed by atoms with van der Waals surface area (Å²) in [5, 5.41) is 13.1. The van der Waals surface area contributed by atoms with E-state index in [1.807, 2.05) is 32.0 Å². The fourth-order valence-corrected chi connectivity index (χ4v) is 3.07. The lowest BCUT2D eigenvalue weighted by Crippen LogP contribution is -2.13. The number of benzene rings is 2. The van der Waals surface area contributed by atoms with E-state index in [-0.39, 0.29) is 5.57 Å². The van der Waals surface area contributed by atoms with Gasteiger partial charge in [-0.25, -0.2) is 0 Å². The number of carbonyl (C=O) groups excluding carboxylic acids is 1. The standard InChI is InChI=1S/C22H16Cl2N2O2/c1-13-3-5-17(9-14(13)2)26-22(27)15(12-25)10-18-6-8-21(28-18)19-7-4-16(23)11-20(19)24/h3-11H,1-2H3,(H,26,27)/b15-10+. The molecule has 0 saturated carbocycles. The quantitative estimate of drug-likeness (QED) is 0.398. The summed E-state index contributed by atoms with van der Waals surface area (Å²) in [7, 11) is 0. The van der Waals surface area contributed by atoms with Gasteiger partial charge in [-0.2, -0.15) is 5.26 Å². The van der Waals surface area contributed by atoms with Crippen molar-refractivity contribution in [2.75, 3.05) is 5.32 Å². The molecule has 0 spiro atoms. The first-order chi connectivity index (χ1) is 13.4. The zero-order valence-electron chi connectivity index (χ0n) is 15.2. The van der Waals surface area contributed by atoms with Crippen molar-refractivity contribution in [1.29, 1.82) is 5.26 Å². The van der Waals surface area contributed by atoms with Crippen LogP contribution in [0.4, 0.5) is 5.69 Å². The first-order valence-electron chi connectivity index (χ1n) is 8.43. The fraction of sp³-hybridized carbons (Fsp3) is 0.0909. The highest BCUT2D eigenvalue weighted by Gasteiger charge is 2.13. The molecule has 0 aliphatic carbocycles. The molecule has 0 fully saturated rings. The van der Waals surface area contributed by atoms with Gasteiger partial charge in [-0.05, 0) is 67.4 Å². The summed E-state index contributed by atoms with van der Waals surface area (Å²) in [4.78, 5) is 12.4. The third-order valence-corrected chi connectivity index (χ3v) is 4.79. The van der Waals surface area contributed by atoms with E-state index in [0.717, 1.165) is 11.1 Å². The lowest BCUT2D eigenvalue weighted by Gasteiger charge is -2.06. The number of nitrogens with zero attached hydrogens (tertiary/aromatic N) is 1. The highest BCUT2D eigenvalue weighted by atomic mass is 35.5. The number of nitrogens with one attached hydrogen (secondary N) is 1. The van der Waals surface area contributed by atoms with E-state index in [1.165, 1.54) is 6.08 Å². The molecule has 1 heterocycles. The zero-order valence-corrected chi connectivity index (χ0v) is 16.7. The number of anilines is 1. The van der Waals surface area contributed by atoms with Crippen LogP contribution in [0.5, 0.6) is 0 Å². The second-order valence-electron chi connectivity index (χ2n) is 6.25. The monoisotopic (exact) mass is 410 g/mol. The molecule has 3 rings (SSSR count). The van der Waals surface area contributed by atoms with Gasteiger partial charge < -0.3 is 9.73 Å². The van der Waals surface area contributed by atoms with E-state index in [1.54, 1.807) is 36.4 Å². The third kappa shape index (κ3) is 4.45. The predicted molar refractivity (Wildman–Crippen MR) is 112 cm³/mol. The third-order valence-electron chi connectivity index (χ3n) is 4.24. The Morgan fingerprint density at radius 2 is 1.86 bits per heavy atom. The van der Waals surface area contributed by atoms with Crippen molar-refractivity contribution in [3.8, 4) is 17.4 Å². The van der Waals surface area contributed by atoms with E-state index in [4.69, 9.17) is 27.6 Å². The number of amides is 1. The summed E-state index contributed by atoms with van der Waals surface area (Å²) in [6, 6.07) is 15.9. The van der Waals surface area contributed by atoms with Crippen LogP contribution < -0.4 is 5.32 Å². The Kier molecular flexibility index (Phi) is 5.89. The number of rotatable bonds is 4. The SMILES string of the molecule is Cc1ccc(NC(=O)/C(C#N)=C/c2ccc(-c3ccc(Cl)cc3Cl)o2)cc1C. The average molecular weight is 411 g/mol. The second kappa shape index (κ2) is 8.35. The van der Waals surface area contributed by atoms with Gasteiger partial charge in [0.15, 0.2) is 0 Å². The number of hydrogen-bond acceptors (Lipinski definition) is 3. The van der Waals surface area contributed by atoms with E-state index in [0.29, 0.717) is 32.8 Å². The molecule has 0 radical (unpaired) electrons. The molecule has 28 heavy (non-hydrogen) atoms. The van der Waals surface area contributed by atoms with Gasteiger partial charge >= 0.3 is 0 Å². The predicted octanol–water partition coefficient (Wildman–Crippen LogP) is 6.42. The van der Waals surface area contributed by atoms with Gasteiger partial charge in [0.1, 0.15) is 23.2 Å². The van der Waals surface area contributed by atoms with E-state index >= 15 is 0 Å². The molecule has 3 aromatic rings. The van der Waals surface area contributed by atoms with Crippen LogP contribution >= 0.6 is 23.2 Å². The minimum absolute atomic E-state index is 0.0682. The molecule has 1 aromatic heterocycles. The molecule has 1 N–H and O–H groups in total. The molecule has 6 heteroatoms. The molecular formula is C22H16Cl2N2O2. The summed E-state index contributed by atoms with van der Waals surface area (Å²) < 4.78 is 5.72. The number of furan rings is 1. The van der Waals surface area contributed by atoms with Crippen LogP contribution in [-0.2, 0) is 4.79 Å². The van der Waals surface area contributed by atoms with Gasteiger partial charge in [0.05, 0.1) is 5.02 Å². The van der Waals surface area contributed by atoms with E-state index in [9.17, 15) is 10.1 Å². The molecule has 0 aliphatic heterocycles. The molecule has 4 nitrogen and oxygen atoms in total. The van der Waals surface area contributed by atoms with Gasteiger partial charge in [-0.3, -0.25) is 4.79 Å². The zero-order chi connectivity index (χ0) is 20.3. The highest BCUT2D eigenvalue weighted by Crippen LogP contribution is 2.32. The smallest absolute Gasteiger partial charge is 0.266 e. The summed E-state index contributed by atoms with van der Waals surface area (Å²) in [5.41, 5.74) is 3.40. The molecule has 2 aromatic carbocycles. The van der Waals surface area contributed by atoms with Crippen LogP contribution in [0, 0.1) is 25.2 Å². The number of halogens is 2. The minimum atomic E-state index is -0.506. The van der Waals surface area contributed by atoms with Crippen molar-refractivity contribution in [2.45, 2.75) is 13.8 Å². The Balaban J connectivity index is 1.82. The Bertz CT molecular complexity index is 1120. The van der Waals surface area contributed by atoms with Gasteiger partial charge in [-0.15, -0.1) is 0 Å². The van der Waals surface area contributed by atoms with Crippen LogP contribution in [0.15, 0.2) is 58.5 Å². The van der Waals surface area contributed by atoms with Crippen molar-refractivity contribution in [3.05, 3.63) is 81.0 Å². The Morgan fingerprint density at radius 1 is 1.07 bits per heavy atom. The molecule has 0 saturated heterocycles. The number of aryl methyl sites for hydroxylation is 2. The lowest BCUT2D eigenvalue weighted by atomic mass is 10.1. The maximum absolute atomic E-state index is 12.4. The highest BCUT2D eigenvalue weighted by molar-refractivity contribution is 6.36. The van der Waals surface area contributed by atoms with Gasteiger partial charge in [0, 0.05) is 22.3 Å². The average Bonchev–Trinajstić information content (AvgIpc) is 3.11. The largest absolute Gasteiger partial charge is 0.457 e.